The van der Waals surface area contributed by atoms with Crippen LogP contribution in [0.2, 0.25) is 0 Å². The maximum Gasteiger partial charge on any atom is 0.205 e. The number of nitrogens with zero attached hydrogens (tertiary/aromatic N) is 3. The van der Waals surface area contributed by atoms with E-state index in [1.807, 2.05) is 10.6 Å². The van der Waals surface area contributed by atoms with Crippen molar-refractivity contribution in [3.8, 4) is 0 Å². The summed E-state index contributed by atoms with van der Waals surface area (Å²) in [6.45, 7) is 6.84. The highest BCUT2D eigenvalue weighted by Crippen LogP contribution is 2.25. The maximum atomic E-state index is 9.14. The number of benzene rings is 2. The number of hydrogen-bond donors (Lipinski definition) is 1. The van der Waals surface area contributed by atoms with Gasteiger partial charge in [-0.15, -0.1) is 17.0 Å². The standard InChI is InChI=1S/C26H30N4O.BrH/c1-18-7-11-21(12-8-18)16-23(17-31-4)30-25-24(6-5-15-28-25)29(26(30)27)20(3)22-13-9-19(2)10-14-22;/h5-15,20,23,27H,16-17H2,1-4H3;1H. The van der Waals surface area contributed by atoms with E-state index in [0.717, 1.165) is 17.6 Å². The molecule has 5 nitrogen and oxygen atoms in total. The molecule has 0 radical (unpaired) electrons. The molecule has 0 fully saturated rings. The molecule has 1 N–H and O–H groups in total. The fraction of sp³-hybridized carbons (Fsp3) is 0.308. The van der Waals surface area contributed by atoms with Crippen LogP contribution >= 0.6 is 17.0 Å². The molecule has 0 aliphatic carbocycles. The Labute approximate surface area is 200 Å². The zero-order valence-electron chi connectivity index (χ0n) is 19.1. The number of ether oxygens (including phenoxy) is 1. The second-order valence-electron chi connectivity index (χ2n) is 8.30. The largest absolute Gasteiger partial charge is 0.383 e. The molecule has 0 spiro atoms. The minimum Gasteiger partial charge on any atom is -0.383 e. The zero-order valence-corrected chi connectivity index (χ0v) is 20.8. The van der Waals surface area contributed by atoms with Crippen LogP contribution in [-0.2, 0) is 11.2 Å². The van der Waals surface area contributed by atoms with Crippen LogP contribution in [0.1, 0.15) is 41.3 Å². The minimum atomic E-state index is -0.0240. The maximum absolute atomic E-state index is 9.14. The molecule has 2 unspecified atom stereocenters. The first kappa shape index (κ1) is 24.0. The summed E-state index contributed by atoms with van der Waals surface area (Å²) in [4.78, 5) is 4.68. The molecule has 4 aromatic rings. The van der Waals surface area contributed by atoms with Crippen LogP contribution in [0, 0.1) is 19.3 Å². The van der Waals surface area contributed by atoms with Crippen LogP contribution in [0.5, 0.6) is 0 Å². The van der Waals surface area contributed by atoms with Gasteiger partial charge in [0.1, 0.15) is 0 Å². The van der Waals surface area contributed by atoms with Crippen molar-refractivity contribution in [2.24, 2.45) is 0 Å². The smallest absolute Gasteiger partial charge is 0.205 e. The lowest BCUT2D eigenvalue weighted by Crippen LogP contribution is -2.32. The van der Waals surface area contributed by atoms with E-state index >= 15 is 0 Å². The molecule has 4 rings (SSSR count). The van der Waals surface area contributed by atoms with Gasteiger partial charge in [0.2, 0.25) is 5.62 Å². The van der Waals surface area contributed by atoms with Crippen molar-refractivity contribution < 1.29 is 4.74 Å². The van der Waals surface area contributed by atoms with Crippen LogP contribution < -0.4 is 5.62 Å². The molecule has 0 saturated heterocycles. The van der Waals surface area contributed by atoms with Crippen LogP contribution in [0.25, 0.3) is 11.2 Å². The SMILES string of the molecule is Br.COCC(Cc1ccc(C)cc1)n1c(=N)n(C(C)c2ccc(C)cc2)c2cccnc21. The number of methoxy groups -OCH3 is 1. The van der Waals surface area contributed by atoms with Gasteiger partial charge in [0.15, 0.2) is 5.65 Å². The van der Waals surface area contributed by atoms with Gasteiger partial charge in [-0.05, 0) is 50.5 Å². The Morgan fingerprint density at radius 3 is 2.19 bits per heavy atom. The number of pyridine rings is 1. The summed E-state index contributed by atoms with van der Waals surface area (Å²) in [6.07, 6.45) is 2.58. The molecule has 0 amide bonds. The first-order valence-corrected chi connectivity index (χ1v) is 10.7. The Morgan fingerprint density at radius 2 is 1.56 bits per heavy atom. The first-order valence-electron chi connectivity index (χ1n) is 10.7. The number of rotatable bonds is 7. The van der Waals surface area contributed by atoms with Crippen molar-refractivity contribution in [3.63, 3.8) is 0 Å². The summed E-state index contributed by atoms with van der Waals surface area (Å²) in [7, 11) is 1.72. The lowest BCUT2D eigenvalue weighted by molar-refractivity contribution is 0.153. The molecule has 6 heteroatoms. The van der Waals surface area contributed by atoms with Gasteiger partial charge in [-0.2, -0.15) is 0 Å². The summed E-state index contributed by atoms with van der Waals surface area (Å²) in [5.74, 6) is 0. The van der Waals surface area contributed by atoms with Gasteiger partial charge in [0.05, 0.1) is 24.2 Å². The Kier molecular flexibility index (Phi) is 7.69. The van der Waals surface area contributed by atoms with E-state index in [2.05, 4.69) is 84.9 Å². The average Bonchev–Trinajstić information content (AvgIpc) is 3.06. The molecule has 0 bridgehead atoms. The topological polar surface area (TPSA) is 55.8 Å². The number of aromatic nitrogens is 3. The van der Waals surface area contributed by atoms with Crippen molar-refractivity contribution >= 4 is 28.1 Å². The van der Waals surface area contributed by atoms with E-state index in [4.69, 9.17) is 10.1 Å². The molecule has 0 aliphatic heterocycles. The summed E-state index contributed by atoms with van der Waals surface area (Å²) in [5.41, 5.74) is 7.10. The molecule has 32 heavy (non-hydrogen) atoms. The third-order valence-electron chi connectivity index (χ3n) is 5.97. The van der Waals surface area contributed by atoms with Gasteiger partial charge in [0, 0.05) is 13.3 Å². The van der Waals surface area contributed by atoms with Crippen LogP contribution in [0.15, 0.2) is 66.9 Å². The lowest BCUT2D eigenvalue weighted by atomic mass is 10.0. The molecule has 2 aromatic heterocycles. The molecule has 2 aromatic carbocycles. The van der Waals surface area contributed by atoms with E-state index in [9.17, 15) is 0 Å². The van der Waals surface area contributed by atoms with Crippen LogP contribution in [0.3, 0.4) is 0 Å². The Hall–Kier alpha value is -2.70. The monoisotopic (exact) mass is 494 g/mol. The van der Waals surface area contributed by atoms with Gasteiger partial charge in [-0.1, -0.05) is 59.7 Å². The second kappa shape index (κ2) is 10.3. The van der Waals surface area contributed by atoms with Gasteiger partial charge in [-0.25, -0.2) is 4.98 Å². The van der Waals surface area contributed by atoms with Crippen molar-refractivity contribution in [3.05, 3.63) is 94.7 Å². The summed E-state index contributed by atoms with van der Waals surface area (Å²) in [5, 5.41) is 9.14. The Balaban J connectivity index is 0.00000289. The normalized spacial score (nSPS) is 13.0. The predicted molar refractivity (Wildman–Crippen MR) is 135 cm³/mol. The second-order valence-corrected chi connectivity index (χ2v) is 8.30. The van der Waals surface area contributed by atoms with E-state index in [1.54, 1.807) is 13.3 Å². The average molecular weight is 495 g/mol. The molecule has 2 atom stereocenters. The zero-order chi connectivity index (χ0) is 22.0. The summed E-state index contributed by atoms with van der Waals surface area (Å²) < 4.78 is 9.69. The van der Waals surface area contributed by atoms with Crippen molar-refractivity contribution in [2.45, 2.75) is 39.3 Å². The number of imidazole rings is 1. The highest BCUT2D eigenvalue weighted by Gasteiger charge is 2.23. The number of aryl methyl sites for hydroxylation is 2. The van der Waals surface area contributed by atoms with E-state index in [-0.39, 0.29) is 29.1 Å². The minimum absolute atomic E-state index is 0. The fourth-order valence-electron chi connectivity index (χ4n) is 4.24. The van der Waals surface area contributed by atoms with E-state index in [0.29, 0.717) is 12.2 Å². The highest BCUT2D eigenvalue weighted by molar-refractivity contribution is 8.93. The number of nitrogens with one attached hydrogen (secondary N) is 1. The quantitative estimate of drug-likeness (QED) is 0.366. The summed E-state index contributed by atoms with van der Waals surface area (Å²) >= 11 is 0. The molecule has 0 aliphatic rings. The van der Waals surface area contributed by atoms with Crippen LogP contribution in [-0.4, -0.2) is 27.8 Å². The van der Waals surface area contributed by atoms with Gasteiger partial charge in [-0.3, -0.25) is 9.98 Å². The number of fused-ring (bicyclic) bond motifs is 1. The first-order chi connectivity index (χ1) is 15.0. The number of hydrogen-bond acceptors (Lipinski definition) is 3. The van der Waals surface area contributed by atoms with Gasteiger partial charge < -0.3 is 9.30 Å². The molecular weight excluding hydrogens is 464 g/mol. The fourth-order valence-corrected chi connectivity index (χ4v) is 4.24. The van der Waals surface area contributed by atoms with Gasteiger partial charge >= 0.3 is 0 Å². The van der Waals surface area contributed by atoms with Crippen molar-refractivity contribution in [1.82, 2.24) is 14.1 Å². The molecule has 2 heterocycles. The van der Waals surface area contributed by atoms with Crippen LogP contribution in [0.4, 0.5) is 0 Å². The third kappa shape index (κ3) is 4.71. The van der Waals surface area contributed by atoms with Crippen molar-refractivity contribution in [2.75, 3.05) is 13.7 Å². The molecule has 0 saturated carbocycles. The predicted octanol–water partition coefficient (Wildman–Crippen LogP) is 5.55. The lowest BCUT2D eigenvalue weighted by Gasteiger charge is -2.19. The Morgan fingerprint density at radius 1 is 0.938 bits per heavy atom. The Bertz CT molecular complexity index is 1230. The number of halogens is 1. The summed E-state index contributed by atoms with van der Waals surface area (Å²) in [6, 6.07) is 21.1. The third-order valence-corrected chi connectivity index (χ3v) is 5.97. The van der Waals surface area contributed by atoms with E-state index < -0.39 is 0 Å². The molecular formula is C26H31BrN4O. The van der Waals surface area contributed by atoms with E-state index in [1.165, 1.54) is 22.3 Å². The van der Waals surface area contributed by atoms with Gasteiger partial charge in [0.25, 0.3) is 0 Å². The highest BCUT2D eigenvalue weighted by atomic mass is 79.9. The van der Waals surface area contributed by atoms with Crippen molar-refractivity contribution in [1.29, 1.82) is 5.41 Å². The molecule has 168 valence electrons.